The molecule has 1 aromatic heterocycles. The van der Waals surface area contributed by atoms with Gasteiger partial charge in [-0.05, 0) is 19.2 Å². The first kappa shape index (κ1) is 9.09. The highest BCUT2D eigenvalue weighted by atomic mass is 16.5. The number of aromatic nitrogens is 1. The van der Waals surface area contributed by atoms with Gasteiger partial charge in [-0.15, -0.1) is 0 Å². The van der Waals surface area contributed by atoms with Gasteiger partial charge in [0.1, 0.15) is 12.4 Å². The summed E-state index contributed by atoms with van der Waals surface area (Å²) in [5.41, 5.74) is 1.12. The summed E-state index contributed by atoms with van der Waals surface area (Å²) < 4.78 is 5.61. The van der Waals surface area contributed by atoms with Crippen molar-refractivity contribution in [1.29, 1.82) is 0 Å². The van der Waals surface area contributed by atoms with Crippen LogP contribution in [0.4, 0.5) is 0 Å². The molecule has 0 unspecified atom stereocenters. The van der Waals surface area contributed by atoms with Crippen molar-refractivity contribution in [2.24, 2.45) is 0 Å². The van der Waals surface area contributed by atoms with Crippen molar-refractivity contribution in [2.45, 2.75) is 0 Å². The number of fused-ring (bicyclic) bond motifs is 1. The second-order valence-electron chi connectivity index (χ2n) is 3.15. The smallest absolute Gasteiger partial charge is 0.144 e. The topological polar surface area (TPSA) is 37.0 Å². The Morgan fingerprint density at radius 2 is 2.21 bits per heavy atom. The number of H-pyrrole nitrogens is 1. The zero-order valence-corrected chi connectivity index (χ0v) is 8.21. The van der Waals surface area contributed by atoms with Crippen LogP contribution in [0.5, 0.6) is 5.75 Å². The van der Waals surface area contributed by atoms with Crippen molar-refractivity contribution >= 4 is 10.9 Å². The summed E-state index contributed by atoms with van der Waals surface area (Å²) in [6, 6.07) is 8.12. The molecule has 74 valence electrons. The quantitative estimate of drug-likeness (QED) is 0.721. The highest BCUT2D eigenvalue weighted by Gasteiger charge is 2.02. The molecule has 0 aliphatic rings. The zero-order chi connectivity index (χ0) is 9.80. The van der Waals surface area contributed by atoms with Gasteiger partial charge in [0.05, 0.1) is 0 Å². The van der Waals surface area contributed by atoms with E-state index < -0.39 is 0 Å². The number of hydrogen-bond donors (Lipinski definition) is 2. The van der Waals surface area contributed by atoms with E-state index in [9.17, 15) is 0 Å². The van der Waals surface area contributed by atoms with Crippen LogP contribution in [0, 0.1) is 0 Å². The average molecular weight is 190 g/mol. The highest BCUT2D eigenvalue weighted by Crippen LogP contribution is 2.24. The first-order valence-electron chi connectivity index (χ1n) is 4.75. The van der Waals surface area contributed by atoms with Crippen molar-refractivity contribution in [3.8, 4) is 5.75 Å². The van der Waals surface area contributed by atoms with Gasteiger partial charge in [-0.25, -0.2) is 0 Å². The molecule has 0 amide bonds. The largest absolute Gasteiger partial charge is 0.490 e. The van der Waals surface area contributed by atoms with Gasteiger partial charge in [-0.2, -0.15) is 0 Å². The van der Waals surface area contributed by atoms with Gasteiger partial charge in [0.25, 0.3) is 0 Å². The molecule has 3 nitrogen and oxygen atoms in total. The van der Waals surface area contributed by atoms with Crippen molar-refractivity contribution in [1.82, 2.24) is 10.3 Å². The summed E-state index contributed by atoms with van der Waals surface area (Å²) in [6.07, 6.45) is 1.90. The van der Waals surface area contributed by atoms with Gasteiger partial charge in [0, 0.05) is 23.6 Å². The molecule has 0 aliphatic heterocycles. The lowest BCUT2D eigenvalue weighted by Crippen LogP contribution is -2.15. The predicted molar refractivity (Wildman–Crippen MR) is 57.7 cm³/mol. The van der Waals surface area contributed by atoms with Crippen LogP contribution >= 0.6 is 0 Å². The van der Waals surface area contributed by atoms with Crippen molar-refractivity contribution in [3.63, 3.8) is 0 Å². The Labute approximate surface area is 83.1 Å². The molecule has 0 radical (unpaired) electrons. The molecule has 3 heteroatoms. The summed E-state index contributed by atoms with van der Waals surface area (Å²) in [4.78, 5) is 3.17. The SMILES string of the molecule is CNCCOc1c[nH]c2ccccc12. The zero-order valence-electron chi connectivity index (χ0n) is 8.21. The van der Waals surface area contributed by atoms with Crippen LogP contribution in [-0.4, -0.2) is 25.2 Å². The Morgan fingerprint density at radius 3 is 3.07 bits per heavy atom. The molecule has 0 atom stereocenters. The summed E-state index contributed by atoms with van der Waals surface area (Å²) in [6.45, 7) is 1.55. The van der Waals surface area contributed by atoms with E-state index in [1.165, 1.54) is 0 Å². The summed E-state index contributed by atoms with van der Waals surface area (Å²) in [5.74, 6) is 0.927. The maximum Gasteiger partial charge on any atom is 0.144 e. The number of likely N-dealkylation sites (N-methyl/N-ethyl adjacent to an activating group) is 1. The molecular weight excluding hydrogens is 176 g/mol. The van der Waals surface area contributed by atoms with E-state index in [0.717, 1.165) is 23.2 Å². The molecule has 14 heavy (non-hydrogen) atoms. The molecule has 0 aliphatic carbocycles. The molecule has 0 bridgehead atoms. The van der Waals surface area contributed by atoms with Gasteiger partial charge in [-0.1, -0.05) is 12.1 Å². The summed E-state index contributed by atoms with van der Waals surface area (Å²) in [7, 11) is 1.92. The number of ether oxygens (including phenoxy) is 1. The Bertz CT molecular complexity index is 408. The second-order valence-corrected chi connectivity index (χ2v) is 3.15. The molecule has 1 heterocycles. The van der Waals surface area contributed by atoms with Gasteiger partial charge in [0.15, 0.2) is 0 Å². The van der Waals surface area contributed by atoms with Crippen LogP contribution in [0.25, 0.3) is 10.9 Å². The van der Waals surface area contributed by atoms with Gasteiger partial charge >= 0.3 is 0 Å². The molecule has 0 saturated carbocycles. The van der Waals surface area contributed by atoms with E-state index in [0.29, 0.717) is 6.61 Å². The Hall–Kier alpha value is -1.48. The Kier molecular flexibility index (Phi) is 2.70. The molecule has 0 spiro atoms. The summed E-state index contributed by atoms with van der Waals surface area (Å²) in [5, 5.41) is 4.19. The van der Waals surface area contributed by atoms with Gasteiger partial charge in [-0.3, -0.25) is 0 Å². The van der Waals surface area contributed by atoms with Crippen molar-refractivity contribution in [2.75, 3.05) is 20.2 Å². The van der Waals surface area contributed by atoms with Crippen LogP contribution in [0.15, 0.2) is 30.5 Å². The molecule has 0 saturated heterocycles. The molecule has 2 aromatic rings. The van der Waals surface area contributed by atoms with Crippen LogP contribution < -0.4 is 10.1 Å². The average Bonchev–Trinajstić information content (AvgIpc) is 2.63. The Balaban J connectivity index is 2.17. The van der Waals surface area contributed by atoms with Crippen molar-refractivity contribution < 1.29 is 4.74 Å². The standard InChI is InChI=1S/C11H14N2O/c1-12-6-7-14-11-8-13-10-5-3-2-4-9(10)11/h2-5,8,12-13H,6-7H2,1H3. The maximum absolute atomic E-state index is 5.61. The van der Waals surface area contributed by atoms with Crippen LogP contribution in [0.1, 0.15) is 0 Å². The fourth-order valence-corrected chi connectivity index (χ4v) is 1.43. The van der Waals surface area contributed by atoms with E-state index in [2.05, 4.69) is 16.4 Å². The molecule has 2 N–H and O–H groups in total. The fraction of sp³-hybridized carbons (Fsp3) is 0.273. The number of benzene rings is 1. The number of hydrogen-bond acceptors (Lipinski definition) is 2. The maximum atomic E-state index is 5.61. The second kappa shape index (κ2) is 4.15. The van der Waals surface area contributed by atoms with Gasteiger partial charge < -0.3 is 15.0 Å². The molecule has 1 aromatic carbocycles. The minimum Gasteiger partial charge on any atom is -0.490 e. The third-order valence-electron chi connectivity index (χ3n) is 2.16. The van der Waals surface area contributed by atoms with E-state index in [1.54, 1.807) is 0 Å². The lowest BCUT2D eigenvalue weighted by atomic mass is 10.2. The normalized spacial score (nSPS) is 10.6. The van der Waals surface area contributed by atoms with Crippen LogP contribution in [0.3, 0.4) is 0 Å². The van der Waals surface area contributed by atoms with Crippen molar-refractivity contribution in [3.05, 3.63) is 30.5 Å². The minimum absolute atomic E-state index is 0.693. The lowest BCUT2D eigenvalue weighted by molar-refractivity contribution is 0.322. The van der Waals surface area contributed by atoms with Crippen LogP contribution in [0.2, 0.25) is 0 Å². The van der Waals surface area contributed by atoms with E-state index in [1.807, 2.05) is 31.4 Å². The molecule has 0 fully saturated rings. The molecular formula is C11H14N2O. The highest BCUT2D eigenvalue weighted by molar-refractivity contribution is 5.85. The van der Waals surface area contributed by atoms with Crippen LogP contribution in [-0.2, 0) is 0 Å². The summed E-state index contributed by atoms with van der Waals surface area (Å²) >= 11 is 0. The number of aromatic amines is 1. The van der Waals surface area contributed by atoms with Gasteiger partial charge in [0.2, 0.25) is 0 Å². The predicted octanol–water partition coefficient (Wildman–Crippen LogP) is 1.77. The third kappa shape index (κ3) is 1.72. The number of rotatable bonds is 4. The third-order valence-corrected chi connectivity index (χ3v) is 2.16. The number of para-hydroxylation sites is 1. The van der Waals surface area contributed by atoms with E-state index >= 15 is 0 Å². The van der Waals surface area contributed by atoms with E-state index in [4.69, 9.17) is 4.74 Å². The number of nitrogens with one attached hydrogen (secondary N) is 2. The first-order valence-corrected chi connectivity index (χ1v) is 4.75. The lowest BCUT2D eigenvalue weighted by Gasteiger charge is -2.03. The monoisotopic (exact) mass is 190 g/mol. The molecule has 2 rings (SSSR count). The minimum atomic E-state index is 0.693. The fourth-order valence-electron chi connectivity index (χ4n) is 1.43. The van der Waals surface area contributed by atoms with E-state index in [-0.39, 0.29) is 0 Å². The Morgan fingerprint density at radius 1 is 1.36 bits per heavy atom. The first-order chi connectivity index (χ1) is 6.92.